The summed E-state index contributed by atoms with van der Waals surface area (Å²) >= 11 is 0. The van der Waals surface area contributed by atoms with Gasteiger partial charge in [-0.25, -0.2) is 0 Å². The van der Waals surface area contributed by atoms with Gasteiger partial charge in [0.1, 0.15) is 0 Å². The van der Waals surface area contributed by atoms with Crippen molar-refractivity contribution < 1.29 is 5.11 Å². The van der Waals surface area contributed by atoms with Gasteiger partial charge in [0, 0.05) is 29.9 Å². The van der Waals surface area contributed by atoms with E-state index in [0.717, 1.165) is 11.1 Å². The van der Waals surface area contributed by atoms with E-state index in [4.69, 9.17) is 17.2 Å². The van der Waals surface area contributed by atoms with Crippen LogP contribution < -0.4 is 17.2 Å². The first kappa shape index (κ1) is 10.8. The number of anilines is 2. The highest BCUT2D eigenvalue weighted by Gasteiger charge is 2.09. The number of rotatable bonds is 3. The van der Waals surface area contributed by atoms with Gasteiger partial charge in [-0.15, -0.1) is 0 Å². The molecule has 4 heteroatoms. The molecule has 78 valence electrons. The third-order valence-electron chi connectivity index (χ3n) is 2.18. The number of benzene rings is 1. The number of hydrogen-bond acceptors (Lipinski definition) is 4. The summed E-state index contributed by atoms with van der Waals surface area (Å²) in [6.07, 6.45) is -0.170. The number of aliphatic hydroxyl groups is 1. The van der Waals surface area contributed by atoms with E-state index in [1.54, 1.807) is 0 Å². The molecule has 1 aromatic carbocycles. The zero-order valence-electron chi connectivity index (χ0n) is 8.33. The Morgan fingerprint density at radius 2 is 1.79 bits per heavy atom. The number of nitrogens with two attached hydrogens (primary N) is 3. The lowest BCUT2D eigenvalue weighted by Gasteiger charge is -2.13. The molecule has 0 spiro atoms. The van der Waals surface area contributed by atoms with Crippen molar-refractivity contribution in [3.63, 3.8) is 0 Å². The lowest BCUT2D eigenvalue weighted by Crippen LogP contribution is -2.23. The molecule has 0 aliphatic carbocycles. The highest BCUT2D eigenvalue weighted by Crippen LogP contribution is 2.23. The first-order valence-corrected chi connectivity index (χ1v) is 4.57. The molecule has 0 aromatic heterocycles. The molecule has 14 heavy (non-hydrogen) atoms. The van der Waals surface area contributed by atoms with Gasteiger partial charge in [0.25, 0.3) is 0 Å². The SMILES string of the molecule is Cc1cc(N)c(CC(O)CN)c(N)c1. The quantitative estimate of drug-likeness (QED) is 0.511. The van der Waals surface area contributed by atoms with Gasteiger partial charge in [-0.2, -0.15) is 0 Å². The molecule has 0 radical (unpaired) electrons. The Kier molecular flexibility index (Phi) is 3.33. The monoisotopic (exact) mass is 195 g/mol. The van der Waals surface area contributed by atoms with Crippen molar-refractivity contribution in [2.45, 2.75) is 19.4 Å². The van der Waals surface area contributed by atoms with Gasteiger partial charge in [-0.1, -0.05) is 0 Å². The van der Waals surface area contributed by atoms with Gasteiger partial charge in [-0.3, -0.25) is 0 Å². The van der Waals surface area contributed by atoms with Crippen molar-refractivity contribution in [3.8, 4) is 0 Å². The van der Waals surface area contributed by atoms with E-state index in [-0.39, 0.29) is 6.54 Å². The van der Waals surface area contributed by atoms with Crippen LogP contribution in [0.5, 0.6) is 0 Å². The highest BCUT2D eigenvalue weighted by molar-refractivity contribution is 5.63. The molecular weight excluding hydrogens is 178 g/mol. The molecule has 4 nitrogen and oxygen atoms in total. The average molecular weight is 195 g/mol. The lowest BCUT2D eigenvalue weighted by molar-refractivity contribution is 0.184. The average Bonchev–Trinajstić information content (AvgIpc) is 2.10. The minimum Gasteiger partial charge on any atom is -0.398 e. The van der Waals surface area contributed by atoms with Crippen LogP contribution in [0.1, 0.15) is 11.1 Å². The Morgan fingerprint density at radius 1 is 1.29 bits per heavy atom. The number of hydrogen-bond donors (Lipinski definition) is 4. The van der Waals surface area contributed by atoms with E-state index >= 15 is 0 Å². The van der Waals surface area contributed by atoms with E-state index < -0.39 is 6.10 Å². The van der Waals surface area contributed by atoms with E-state index in [1.165, 1.54) is 0 Å². The van der Waals surface area contributed by atoms with Crippen molar-refractivity contribution in [3.05, 3.63) is 23.3 Å². The molecule has 1 atom stereocenters. The first-order chi connectivity index (χ1) is 6.54. The van der Waals surface area contributed by atoms with Gasteiger partial charge in [-0.05, 0) is 24.6 Å². The Balaban J connectivity index is 2.96. The van der Waals surface area contributed by atoms with Crippen LogP contribution in [-0.4, -0.2) is 17.8 Å². The van der Waals surface area contributed by atoms with Crippen LogP contribution in [0.3, 0.4) is 0 Å². The van der Waals surface area contributed by atoms with E-state index in [9.17, 15) is 5.11 Å². The summed E-state index contributed by atoms with van der Waals surface area (Å²) in [4.78, 5) is 0. The van der Waals surface area contributed by atoms with Gasteiger partial charge in [0.05, 0.1) is 6.10 Å². The van der Waals surface area contributed by atoms with E-state index in [2.05, 4.69) is 0 Å². The molecule has 1 rings (SSSR count). The van der Waals surface area contributed by atoms with Crippen LogP contribution in [0.2, 0.25) is 0 Å². The Morgan fingerprint density at radius 3 is 2.21 bits per heavy atom. The summed E-state index contributed by atoms with van der Waals surface area (Å²) in [6, 6.07) is 3.68. The van der Waals surface area contributed by atoms with Crippen LogP contribution in [0.4, 0.5) is 11.4 Å². The predicted octanol–water partition coefficient (Wildman–Crippen LogP) is 0.0215. The first-order valence-electron chi connectivity index (χ1n) is 4.57. The summed E-state index contributed by atoms with van der Waals surface area (Å²) in [7, 11) is 0. The maximum atomic E-state index is 9.39. The van der Waals surface area contributed by atoms with Gasteiger partial charge >= 0.3 is 0 Å². The zero-order valence-corrected chi connectivity index (χ0v) is 8.33. The molecule has 0 bridgehead atoms. The third-order valence-corrected chi connectivity index (χ3v) is 2.18. The molecule has 0 saturated carbocycles. The van der Waals surface area contributed by atoms with Crippen LogP contribution in [0, 0.1) is 6.92 Å². The van der Waals surface area contributed by atoms with Crippen LogP contribution in [0.25, 0.3) is 0 Å². The summed E-state index contributed by atoms with van der Waals surface area (Å²) in [5.41, 5.74) is 20.0. The Labute approximate surface area is 83.7 Å². The normalized spacial score (nSPS) is 12.8. The Bertz CT molecular complexity index is 302. The third kappa shape index (κ3) is 2.37. The lowest BCUT2D eigenvalue weighted by atomic mass is 10.0. The molecule has 7 N–H and O–H groups in total. The van der Waals surface area contributed by atoms with E-state index in [0.29, 0.717) is 17.8 Å². The van der Waals surface area contributed by atoms with Gasteiger partial charge in [0.15, 0.2) is 0 Å². The molecule has 0 aliphatic rings. The minimum atomic E-state index is -0.581. The van der Waals surface area contributed by atoms with Crippen LogP contribution in [0.15, 0.2) is 12.1 Å². The predicted molar refractivity (Wildman–Crippen MR) is 58.8 cm³/mol. The summed E-state index contributed by atoms with van der Waals surface area (Å²) in [6.45, 7) is 2.14. The maximum Gasteiger partial charge on any atom is 0.0704 e. The second kappa shape index (κ2) is 4.30. The summed E-state index contributed by atoms with van der Waals surface area (Å²) in [5, 5.41) is 9.39. The summed E-state index contributed by atoms with van der Waals surface area (Å²) in [5.74, 6) is 0. The van der Waals surface area contributed by atoms with Crippen molar-refractivity contribution in [1.29, 1.82) is 0 Å². The van der Waals surface area contributed by atoms with Crippen LogP contribution in [-0.2, 0) is 6.42 Å². The Hall–Kier alpha value is -1.26. The van der Waals surface area contributed by atoms with Gasteiger partial charge in [0.2, 0.25) is 0 Å². The molecule has 0 aliphatic heterocycles. The molecule has 0 heterocycles. The number of aliphatic hydroxyl groups excluding tert-OH is 1. The largest absolute Gasteiger partial charge is 0.398 e. The van der Waals surface area contributed by atoms with Crippen molar-refractivity contribution in [2.24, 2.45) is 5.73 Å². The second-order valence-electron chi connectivity index (χ2n) is 3.52. The molecule has 0 fully saturated rings. The molecule has 1 unspecified atom stereocenters. The van der Waals surface area contributed by atoms with Crippen molar-refractivity contribution in [2.75, 3.05) is 18.0 Å². The molecule has 0 saturated heterocycles. The van der Waals surface area contributed by atoms with Gasteiger partial charge < -0.3 is 22.3 Å². The van der Waals surface area contributed by atoms with E-state index in [1.807, 2.05) is 19.1 Å². The second-order valence-corrected chi connectivity index (χ2v) is 3.52. The molecular formula is C10H17N3O. The smallest absolute Gasteiger partial charge is 0.0704 e. The molecule has 1 aromatic rings. The van der Waals surface area contributed by atoms with Crippen molar-refractivity contribution in [1.82, 2.24) is 0 Å². The zero-order chi connectivity index (χ0) is 10.7. The number of nitrogen functional groups attached to an aromatic ring is 2. The maximum absolute atomic E-state index is 9.39. The fourth-order valence-electron chi connectivity index (χ4n) is 1.43. The number of aryl methyl sites for hydroxylation is 1. The summed E-state index contributed by atoms with van der Waals surface area (Å²) < 4.78 is 0. The fraction of sp³-hybridized carbons (Fsp3) is 0.400. The fourth-order valence-corrected chi connectivity index (χ4v) is 1.43. The van der Waals surface area contributed by atoms with Crippen molar-refractivity contribution >= 4 is 11.4 Å². The highest BCUT2D eigenvalue weighted by atomic mass is 16.3. The minimum absolute atomic E-state index is 0.215. The standard InChI is InChI=1S/C10H17N3O/c1-6-2-9(12)8(10(13)3-6)4-7(14)5-11/h2-3,7,14H,4-5,11-13H2,1H3. The van der Waals surface area contributed by atoms with Crippen LogP contribution >= 0.6 is 0 Å². The topological polar surface area (TPSA) is 98.3 Å². The molecule has 0 amide bonds.